The van der Waals surface area contributed by atoms with Crippen LogP contribution in [-0.2, 0) is 10.9 Å². The zero-order valence-corrected chi connectivity index (χ0v) is 20.4. The number of methoxy groups -OCH3 is 1. The van der Waals surface area contributed by atoms with Crippen LogP contribution in [0.2, 0.25) is 0 Å². The van der Waals surface area contributed by atoms with E-state index in [-0.39, 0.29) is 17.4 Å². The fourth-order valence-corrected chi connectivity index (χ4v) is 5.51. The number of thiazole rings is 1. The monoisotopic (exact) mass is 510 g/mol. The maximum atomic E-state index is 13.3. The van der Waals surface area contributed by atoms with Gasteiger partial charge in [-0.3, -0.25) is 14.5 Å². The first kappa shape index (κ1) is 25.6. The van der Waals surface area contributed by atoms with E-state index in [1.165, 1.54) is 34.4 Å². The lowest BCUT2D eigenvalue weighted by Crippen LogP contribution is -2.49. The number of piperazine rings is 1. The molecule has 2 aromatic rings. The summed E-state index contributed by atoms with van der Waals surface area (Å²) in [4.78, 5) is 35.9. The molecule has 35 heavy (non-hydrogen) atoms. The molecular weight excluding hydrogens is 481 g/mol. The number of amides is 2. The number of halogens is 3. The number of hydrogen-bond donors (Lipinski definition) is 0. The molecule has 0 bridgehead atoms. The molecule has 11 heteroatoms. The molecule has 3 heterocycles. The third kappa shape index (κ3) is 6.02. The van der Waals surface area contributed by atoms with Crippen LogP contribution >= 0.6 is 11.3 Å². The van der Waals surface area contributed by atoms with Gasteiger partial charge >= 0.3 is 6.18 Å². The van der Waals surface area contributed by atoms with Crippen LogP contribution < -0.4 is 0 Å². The lowest BCUT2D eigenvalue weighted by molar-refractivity contribution is -0.138. The highest BCUT2D eigenvalue weighted by Gasteiger charge is 2.37. The van der Waals surface area contributed by atoms with Crippen LogP contribution in [0.5, 0.6) is 0 Å². The Labute approximate surface area is 206 Å². The molecule has 2 aliphatic rings. The van der Waals surface area contributed by atoms with Crippen molar-refractivity contribution in [2.75, 3.05) is 59.5 Å². The van der Waals surface area contributed by atoms with Crippen molar-refractivity contribution in [2.24, 2.45) is 0 Å². The fraction of sp³-hybridized carbons (Fsp3) is 0.542. The summed E-state index contributed by atoms with van der Waals surface area (Å²) in [7, 11) is 1.67. The van der Waals surface area contributed by atoms with Crippen molar-refractivity contribution in [3.8, 4) is 0 Å². The van der Waals surface area contributed by atoms with Gasteiger partial charge in [-0.1, -0.05) is 12.1 Å². The van der Waals surface area contributed by atoms with Crippen molar-refractivity contribution in [1.29, 1.82) is 0 Å². The van der Waals surface area contributed by atoms with E-state index >= 15 is 0 Å². The Morgan fingerprint density at radius 3 is 2.34 bits per heavy atom. The van der Waals surface area contributed by atoms with E-state index in [1.54, 1.807) is 12.5 Å². The first-order valence-corrected chi connectivity index (χ1v) is 12.6. The topological polar surface area (TPSA) is 66.0 Å². The Balaban J connectivity index is 1.32. The van der Waals surface area contributed by atoms with E-state index in [1.807, 2.05) is 4.90 Å². The second-order valence-electron chi connectivity index (χ2n) is 8.81. The molecule has 0 spiro atoms. The average Bonchev–Trinajstić information content (AvgIpc) is 3.37. The van der Waals surface area contributed by atoms with Gasteiger partial charge in [0.15, 0.2) is 0 Å². The van der Waals surface area contributed by atoms with Crippen molar-refractivity contribution >= 4 is 23.2 Å². The lowest BCUT2D eigenvalue weighted by atomic mass is 9.96. The highest BCUT2D eigenvalue weighted by molar-refractivity contribution is 7.09. The first-order valence-electron chi connectivity index (χ1n) is 11.7. The standard InChI is InChI=1S/C24H29F3N4O3S/c1-34-15-14-29-10-12-31(13-11-29)23(33)20-16-35-21(28-20)17-6-8-30(9-7-17)22(32)18-4-2-3-5-19(18)24(25,26)27/h2-5,16-17H,6-15H2,1H3. The highest BCUT2D eigenvalue weighted by Crippen LogP contribution is 2.34. The van der Waals surface area contributed by atoms with Gasteiger partial charge in [-0.2, -0.15) is 13.2 Å². The Kier molecular flexibility index (Phi) is 8.08. The van der Waals surface area contributed by atoms with E-state index in [4.69, 9.17) is 4.74 Å². The Bertz CT molecular complexity index is 1030. The second kappa shape index (κ2) is 11.0. The molecule has 2 amide bonds. The number of alkyl halides is 3. The van der Waals surface area contributed by atoms with Gasteiger partial charge in [0.05, 0.1) is 22.7 Å². The van der Waals surface area contributed by atoms with Crippen molar-refractivity contribution in [3.05, 3.63) is 51.5 Å². The second-order valence-corrected chi connectivity index (χ2v) is 9.70. The SMILES string of the molecule is COCCN1CCN(C(=O)c2csc(C3CCN(C(=O)c4ccccc4C(F)(F)F)CC3)n2)CC1. The molecule has 2 fully saturated rings. The summed E-state index contributed by atoms with van der Waals surface area (Å²) in [6.45, 7) is 5.12. The number of likely N-dealkylation sites (tertiary alicyclic amines) is 1. The molecule has 0 radical (unpaired) electrons. The Hall–Kier alpha value is -2.50. The van der Waals surface area contributed by atoms with Gasteiger partial charge in [-0.15, -0.1) is 11.3 Å². The Morgan fingerprint density at radius 1 is 1.03 bits per heavy atom. The molecule has 0 atom stereocenters. The molecule has 0 aliphatic carbocycles. The Morgan fingerprint density at radius 2 is 1.69 bits per heavy atom. The third-order valence-corrected chi connectivity index (χ3v) is 7.61. The number of ether oxygens (including phenoxy) is 1. The van der Waals surface area contributed by atoms with Crippen molar-refractivity contribution in [2.45, 2.75) is 24.9 Å². The van der Waals surface area contributed by atoms with Crippen molar-refractivity contribution < 1.29 is 27.5 Å². The van der Waals surface area contributed by atoms with Crippen LogP contribution in [-0.4, -0.2) is 91.0 Å². The van der Waals surface area contributed by atoms with Gasteiger partial charge in [-0.05, 0) is 25.0 Å². The summed E-state index contributed by atoms with van der Waals surface area (Å²) < 4.78 is 45.1. The summed E-state index contributed by atoms with van der Waals surface area (Å²) >= 11 is 1.43. The lowest BCUT2D eigenvalue weighted by Gasteiger charge is -2.34. The van der Waals surface area contributed by atoms with E-state index < -0.39 is 17.6 Å². The molecule has 0 unspecified atom stereocenters. The van der Waals surface area contributed by atoms with Crippen LogP contribution in [0.4, 0.5) is 13.2 Å². The normalized spacial score (nSPS) is 18.2. The minimum atomic E-state index is -4.58. The van der Waals surface area contributed by atoms with Gasteiger partial charge in [0.2, 0.25) is 0 Å². The zero-order chi connectivity index (χ0) is 25.0. The molecule has 4 rings (SSSR count). The molecule has 190 valence electrons. The van der Waals surface area contributed by atoms with Gasteiger partial charge < -0.3 is 14.5 Å². The van der Waals surface area contributed by atoms with Crippen LogP contribution in [0.1, 0.15) is 50.2 Å². The van der Waals surface area contributed by atoms with E-state index in [9.17, 15) is 22.8 Å². The number of benzene rings is 1. The third-order valence-electron chi connectivity index (χ3n) is 6.61. The first-order chi connectivity index (χ1) is 16.8. The molecular formula is C24H29F3N4O3S. The van der Waals surface area contributed by atoms with Crippen LogP contribution in [0, 0.1) is 0 Å². The van der Waals surface area contributed by atoms with Gasteiger partial charge in [0.1, 0.15) is 5.69 Å². The molecule has 1 aromatic heterocycles. The minimum Gasteiger partial charge on any atom is -0.383 e. The van der Waals surface area contributed by atoms with Crippen molar-refractivity contribution in [3.63, 3.8) is 0 Å². The number of aromatic nitrogens is 1. The van der Waals surface area contributed by atoms with Crippen LogP contribution in [0.25, 0.3) is 0 Å². The molecule has 0 saturated carbocycles. The molecule has 2 aliphatic heterocycles. The summed E-state index contributed by atoms with van der Waals surface area (Å²) in [6, 6.07) is 4.90. The van der Waals surface area contributed by atoms with E-state index in [0.29, 0.717) is 51.3 Å². The maximum Gasteiger partial charge on any atom is 0.417 e. The van der Waals surface area contributed by atoms with Gasteiger partial charge in [0, 0.05) is 64.2 Å². The number of nitrogens with zero attached hydrogens (tertiary/aromatic N) is 4. The smallest absolute Gasteiger partial charge is 0.383 e. The highest BCUT2D eigenvalue weighted by atomic mass is 32.1. The molecule has 0 N–H and O–H groups in total. The van der Waals surface area contributed by atoms with Crippen molar-refractivity contribution in [1.82, 2.24) is 19.7 Å². The summed E-state index contributed by atoms with van der Waals surface area (Å²) in [5.41, 5.74) is -0.786. The molecule has 2 saturated heterocycles. The number of carbonyl (C=O) groups is 2. The minimum absolute atomic E-state index is 0.0738. The fourth-order valence-electron chi connectivity index (χ4n) is 4.55. The summed E-state index contributed by atoms with van der Waals surface area (Å²) in [5, 5.41) is 2.63. The van der Waals surface area contributed by atoms with E-state index in [0.717, 1.165) is 30.7 Å². The number of piperidine rings is 1. The number of hydrogen-bond acceptors (Lipinski definition) is 6. The van der Waals surface area contributed by atoms with E-state index in [2.05, 4.69) is 9.88 Å². The van der Waals surface area contributed by atoms with Gasteiger partial charge in [-0.25, -0.2) is 4.98 Å². The molecule has 1 aromatic carbocycles. The van der Waals surface area contributed by atoms with Crippen LogP contribution in [0.3, 0.4) is 0 Å². The molecule has 7 nitrogen and oxygen atoms in total. The van der Waals surface area contributed by atoms with Gasteiger partial charge in [0.25, 0.3) is 11.8 Å². The maximum absolute atomic E-state index is 13.3. The average molecular weight is 511 g/mol. The largest absolute Gasteiger partial charge is 0.417 e. The predicted octanol–water partition coefficient (Wildman–Crippen LogP) is 3.59. The number of rotatable bonds is 6. The number of carbonyl (C=O) groups excluding carboxylic acids is 2. The summed E-state index contributed by atoms with van der Waals surface area (Å²) in [5.74, 6) is -0.597. The zero-order valence-electron chi connectivity index (χ0n) is 19.6. The van der Waals surface area contributed by atoms with Crippen LogP contribution in [0.15, 0.2) is 29.6 Å². The predicted molar refractivity (Wildman–Crippen MR) is 126 cm³/mol. The summed E-state index contributed by atoms with van der Waals surface area (Å²) in [6.07, 6.45) is -3.39. The quantitative estimate of drug-likeness (QED) is 0.595.